The third kappa shape index (κ3) is 9.46. The summed E-state index contributed by atoms with van der Waals surface area (Å²) in [4.78, 5) is 33.0. The minimum atomic E-state index is 0.766. The molecule has 0 aliphatic heterocycles. The minimum Gasteiger partial charge on any atom is -0.497 e. The topological polar surface area (TPSA) is 64.6 Å². The van der Waals surface area contributed by atoms with Gasteiger partial charge in [0.05, 0.1) is 28.9 Å². The van der Waals surface area contributed by atoms with Gasteiger partial charge in [-0.2, -0.15) is 0 Å². The Balaban J connectivity index is 1.09. The number of anilines is 3. The molecule has 5 heterocycles. The van der Waals surface area contributed by atoms with E-state index in [-0.39, 0.29) is 0 Å². The Morgan fingerprint density at radius 2 is 1.02 bits per heavy atom. The van der Waals surface area contributed by atoms with Crippen molar-refractivity contribution >= 4 is 89.7 Å². The third-order valence-corrected chi connectivity index (χ3v) is 16.6. The van der Waals surface area contributed by atoms with E-state index in [1.165, 1.54) is 87.6 Å². The first kappa shape index (κ1) is 42.1. The van der Waals surface area contributed by atoms with Crippen LogP contribution in [0, 0.1) is 0 Å². The van der Waals surface area contributed by atoms with Crippen LogP contribution in [0.15, 0.2) is 97.1 Å². The van der Waals surface area contributed by atoms with Crippen molar-refractivity contribution in [1.82, 2.24) is 9.97 Å². The van der Waals surface area contributed by atoms with E-state index in [4.69, 9.17) is 19.4 Å². The fourth-order valence-corrected chi connectivity index (χ4v) is 13.0. The number of thiophene rings is 3. The third-order valence-electron chi connectivity index (χ3n) is 10.6. The zero-order chi connectivity index (χ0) is 41.4. The van der Waals surface area contributed by atoms with Gasteiger partial charge in [0, 0.05) is 31.7 Å². The fourth-order valence-electron chi connectivity index (χ4n) is 7.44. The molecular formula is C49H49N3O3S5. The van der Waals surface area contributed by atoms with Crippen LogP contribution in [0.3, 0.4) is 0 Å². The molecule has 5 aromatic heterocycles. The Labute approximate surface area is 373 Å². The number of fused-ring (bicyclic) bond motifs is 1. The summed E-state index contributed by atoms with van der Waals surface area (Å²) in [7, 11) is 3.39. The van der Waals surface area contributed by atoms with E-state index in [1.54, 1.807) is 59.6 Å². The molecule has 0 aliphatic rings. The summed E-state index contributed by atoms with van der Waals surface area (Å²) >= 11 is 8.60. The lowest BCUT2D eigenvalue weighted by molar-refractivity contribution is 0.112. The molecule has 0 fully saturated rings. The first-order valence-corrected chi connectivity index (χ1v) is 24.8. The monoisotopic (exact) mass is 887 g/mol. The molecule has 0 spiro atoms. The lowest BCUT2D eigenvalue weighted by atomic mass is 10.0. The molecule has 0 bridgehead atoms. The summed E-state index contributed by atoms with van der Waals surface area (Å²) < 4.78 is 10.9. The highest BCUT2D eigenvalue weighted by atomic mass is 32.1. The average molecular weight is 888 g/mol. The van der Waals surface area contributed by atoms with Crippen molar-refractivity contribution in [3.63, 3.8) is 0 Å². The minimum absolute atomic E-state index is 0.766. The molecule has 0 atom stereocenters. The fraction of sp³-hybridized carbons (Fsp3) is 0.286. The number of aromatic nitrogens is 2. The Morgan fingerprint density at radius 1 is 0.533 bits per heavy atom. The largest absolute Gasteiger partial charge is 0.497 e. The van der Waals surface area contributed by atoms with Crippen LogP contribution in [-0.4, -0.2) is 30.5 Å². The molecule has 0 unspecified atom stereocenters. The maximum absolute atomic E-state index is 11.5. The molecule has 308 valence electrons. The molecule has 8 rings (SSSR count). The Morgan fingerprint density at radius 3 is 1.48 bits per heavy atom. The van der Waals surface area contributed by atoms with Gasteiger partial charge < -0.3 is 14.4 Å². The number of carbonyl (C=O) groups is 1. The highest BCUT2D eigenvalue weighted by Crippen LogP contribution is 2.47. The molecule has 8 aromatic rings. The standard InChI is InChI=1S/C49H49N3O3S5/c1-5-7-9-11-13-33-29-42(57-44(33)32-15-17-35(18-16-32)52(36-19-23-38(54-3)24-20-36)37-21-25-39(55-4)26-22-37)46-50-48-49(59-46)51-47(60-48)43-30-34(14-12-10-8-6-2)45(58-43)41-28-27-40(31-53)56-41/h15-31H,5-14H2,1-4H3. The van der Waals surface area contributed by atoms with Crippen LogP contribution in [0.25, 0.3) is 49.6 Å². The van der Waals surface area contributed by atoms with E-state index < -0.39 is 0 Å². The summed E-state index contributed by atoms with van der Waals surface area (Å²) in [6.45, 7) is 4.52. The lowest BCUT2D eigenvalue weighted by Crippen LogP contribution is -2.09. The molecule has 11 heteroatoms. The number of methoxy groups -OCH3 is 2. The second-order valence-electron chi connectivity index (χ2n) is 14.8. The van der Waals surface area contributed by atoms with Crippen molar-refractivity contribution in [2.24, 2.45) is 0 Å². The van der Waals surface area contributed by atoms with Crippen LogP contribution in [0.1, 0.15) is 86.0 Å². The summed E-state index contributed by atoms with van der Waals surface area (Å²) in [5, 5.41) is 2.06. The van der Waals surface area contributed by atoms with E-state index in [1.807, 2.05) is 41.7 Å². The van der Waals surface area contributed by atoms with Crippen molar-refractivity contribution in [3.8, 4) is 51.5 Å². The number of nitrogens with zero attached hydrogens (tertiary/aromatic N) is 3. The van der Waals surface area contributed by atoms with Crippen LogP contribution in [0.2, 0.25) is 0 Å². The number of unbranched alkanes of at least 4 members (excludes halogenated alkanes) is 6. The molecule has 0 N–H and O–H groups in total. The number of hydrogen-bond acceptors (Lipinski definition) is 11. The van der Waals surface area contributed by atoms with Gasteiger partial charge >= 0.3 is 0 Å². The van der Waals surface area contributed by atoms with Crippen molar-refractivity contribution in [1.29, 1.82) is 0 Å². The first-order chi connectivity index (χ1) is 29.5. The van der Waals surface area contributed by atoms with Gasteiger partial charge in [-0.05, 0) is 127 Å². The normalized spacial score (nSPS) is 11.4. The molecule has 6 nitrogen and oxygen atoms in total. The van der Waals surface area contributed by atoms with Gasteiger partial charge in [-0.25, -0.2) is 9.97 Å². The molecule has 60 heavy (non-hydrogen) atoms. The number of rotatable bonds is 20. The van der Waals surface area contributed by atoms with E-state index in [9.17, 15) is 4.79 Å². The number of aryl methyl sites for hydroxylation is 2. The lowest BCUT2D eigenvalue weighted by Gasteiger charge is -2.26. The van der Waals surface area contributed by atoms with Gasteiger partial charge in [-0.15, -0.1) is 34.0 Å². The maximum atomic E-state index is 11.5. The molecule has 0 aliphatic carbocycles. The zero-order valence-corrected chi connectivity index (χ0v) is 38.6. The smallest absolute Gasteiger partial charge is 0.160 e. The van der Waals surface area contributed by atoms with E-state index in [2.05, 4.69) is 85.5 Å². The van der Waals surface area contributed by atoms with Gasteiger partial charge in [0.15, 0.2) is 15.9 Å². The second kappa shape index (κ2) is 19.8. The Bertz CT molecular complexity index is 2550. The van der Waals surface area contributed by atoms with Gasteiger partial charge in [-0.1, -0.05) is 87.2 Å². The van der Waals surface area contributed by atoms with Gasteiger partial charge in [0.25, 0.3) is 0 Å². The molecule has 3 aromatic carbocycles. The van der Waals surface area contributed by atoms with Crippen LogP contribution >= 0.6 is 56.7 Å². The van der Waals surface area contributed by atoms with Crippen molar-refractivity contribution in [2.75, 3.05) is 19.1 Å². The number of hydrogen-bond donors (Lipinski definition) is 0. The highest BCUT2D eigenvalue weighted by molar-refractivity contribution is 7.32. The first-order valence-electron chi connectivity index (χ1n) is 20.8. The molecule has 0 radical (unpaired) electrons. The maximum Gasteiger partial charge on any atom is 0.160 e. The van der Waals surface area contributed by atoms with Gasteiger partial charge in [0.2, 0.25) is 0 Å². The molecular weight excluding hydrogens is 839 g/mol. The van der Waals surface area contributed by atoms with E-state index in [0.29, 0.717) is 0 Å². The average Bonchev–Trinajstić information content (AvgIpc) is 4.13. The number of thiazole rings is 2. The summed E-state index contributed by atoms with van der Waals surface area (Å²) in [5.74, 6) is 1.65. The van der Waals surface area contributed by atoms with Gasteiger partial charge in [-0.3, -0.25) is 4.79 Å². The summed E-state index contributed by atoms with van der Waals surface area (Å²) in [6, 6.07) is 34.1. The summed E-state index contributed by atoms with van der Waals surface area (Å²) in [6.07, 6.45) is 12.8. The Kier molecular flexibility index (Phi) is 13.9. The zero-order valence-electron chi connectivity index (χ0n) is 34.5. The van der Waals surface area contributed by atoms with Crippen LogP contribution < -0.4 is 14.4 Å². The van der Waals surface area contributed by atoms with Gasteiger partial charge in [0.1, 0.15) is 21.5 Å². The van der Waals surface area contributed by atoms with Crippen molar-refractivity contribution < 1.29 is 14.3 Å². The van der Waals surface area contributed by atoms with E-state index >= 15 is 0 Å². The second-order valence-corrected chi connectivity index (χ2v) is 20.0. The van der Waals surface area contributed by atoms with Crippen LogP contribution in [0.5, 0.6) is 11.5 Å². The molecule has 0 saturated carbocycles. The quantitative estimate of drug-likeness (QED) is 0.0561. The van der Waals surface area contributed by atoms with Crippen molar-refractivity contribution in [3.05, 3.63) is 113 Å². The number of carbonyl (C=O) groups excluding carboxylic acids is 1. The highest BCUT2D eigenvalue weighted by Gasteiger charge is 2.21. The number of benzene rings is 3. The number of ether oxygens (including phenoxy) is 2. The Hall–Kier alpha value is -4.65. The molecule has 0 saturated heterocycles. The predicted octanol–water partition coefficient (Wildman–Crippen LogP) is 16.2. The number of aldehydes is 1. The SMILES string of the molecule is CCCCCCc1cc(-c2nc3sc(-c4cc(CCCCCC)c(-c5ccc(C=O)s5)s4)nc3s2)sc1-c1ccc(N(c2ccc(OC)cc2)c2ccc(OC)cc2)cc1. The van der Waals surface area contributed by atoms with Crippen LogP contribution in [-0.2, 0) is 12.8 Å². The predicted molar refractivity (Wildman–Crippen MR) is 260 cm³/mol. The van der Waals surface area contributed by atoms with E-state index in [0.717, 1.165) is 77.1 Å². The van der Waals surface area contributed by atoms with Crippen LogP contribution in [0.4, 0.5) is 17.1 Å². The summed E-state index contributed by atoms with van der Waals surface area (Å²) in [5.41, 5.74) is 7.12. The molecule has 0 amide bonds. The van der Waals surface area contributed by atoms with Crippen molar-refractivity contribution in [2.45, 2.75) is 78.1 Å².